The van der Waals surface area contributed by atoms with Gasteiger partial charge in [0.2, 0.25) is 0 Å². The van der Waals surface area contributed by atoms with Gasteiger partial charge in [0.15, 0.2) is 0 Å². The van der Waals surface area contributed by atoms with Crippen LogP contribution in [0.2, 0.25) is 0 Å². The van der Waals surface area contributed by atoms with Crippen molar-refractivity contribution in [3.05, 3.63) is 64.3 Å². The lowest BCUT2D eigenvalue weighted by atomic mass is 10.1. The first-order valence-corrected chi connectivity index (χ1v) is 7.67. The fourth-order valence-electron chi connectivity index (χ4n) is 2.36. The number of anilines is 1. The lowest BCUT2D eigenvalue weighted by Gasteiger charge is -2.22. The molecule has 0 bridgehead atoms. The Kier molecular flexibility index (Phi) is 6.24. The van der Waals surface area contributed by atoms with E-state index in [1.165, 1.54) is 17.8 Å². The van der Waals surface area contributed by atoms with E-state index in [2.05, 4.69) is 4.98 Å². The van der Waals surface area contributed by atoms with Crippen LogP contribution in [-0.2, 0) is 11.2 Å². The number of carboxylic acids is 1. The summed E-state index contributed by atoms with van der Waals surface area (Å²) in [5.74, 6) is -0.333. The van der Waals surface area contributed by atoms with Crippen molar-refractivity contribution in [2.24, 2.45) is 0 Å². The van der Waals surface area contributed by atoms with Crippen molar-refractivity contribution in [3.8, 4) is 0 Å². The topological polar surface area (TPSA) is 96.6 Å². The number of rotatable bonds is 9. The van der Waals surface area contributed by atoms with Crippen LogP contribution in [0.5, 0.6) is 0 Å². The molecule has 0 spiro atoms. The minimum Gasteiger partial charge on any atom is -0.481 e. The average Bonchev–Trinajstić information content (AvgIpc) is 2.58. The Labute approximate surface area is 139 Å². The molecule has 0 fully saturated rings. The van der Waals surface area contributed by atoms with Gasteiger partial charge in [-0.25, -0.2) is 4.98 Å². The molecule has 7 nitrogen and oxygen atoms in total. The number of nitrogens with zero attached hydrogens (tertiary/aromatic N) is 3. The van der Waals surface area contributed by atoms with Gasteiger partial charge in [-0.3, -0.25) is 14.9 Å². The highest BCUT2D eigenvalue weighted by Crippen LogP contribution is 2.17. The van der Waals surface area contributed by atoms with E-state index in [0.29, 0.717) is 18.9 Å². The molecule has 7 heteroatoms. The third-order valence-corrected chi connectivity index (χ3v) is 3.60. The minimum absolute atomic E-state index is 0.00992. The van der Waals surface area contributed by atoms with Crippen LogP contribution >= 0.6 is 0 Å². The molecular formula is C17H19N3O4. The Morgan fingerprint density at radius 2 is 1.92 bits per heavy atom. The highest BCUT2D eigenvalue weighted by Gasteiger charge is 2.12. The van der Waals surface area contributed by atoms with Gasteiger partial charge in [-0.2, -0.15) is 0 Å². The van der Waals surface area contributed by atoms with E-state index in [1.54, 1.807) is 6.07 Å². The summed E-state index contributed by atoms with van der Waals surface area (Å²) in [6.45, 7) is 0.946. The molecule has 0 saturated heterocycles. The van der Waals surface area contributed by atoms with Crippen LogP contribution in [0.15, 0.2) is 48.7 Å². The molecule has 0 aliphatic heterocycles. The summed E-state index contributed by atoms with van der Waals surface area (Å²) in [5, 5.41) is 19.6. The van der Waals surface area contributed by atoms with Crippen molar-refractivity contribution >= 4 is 17.5 Å². The number of pyridine rings is 1. The number of hydrogen-bond donors (Lipinski definition) is 1. The second kappa shape index (κ2) is 8.61. The van der Waals surface area contributed by atoms with E-state index < -0.39 is 10.9 Å². The summed E-state index contributed by atoms with van der Waals surface area (Å²) in [5.41, 5.74) is 1.13. The van der Waals surface area contributed by atoms with Gasteiger partial charge in [-0.1, -0.05) is 30.3 Å². The van der Waals surface area contributed by atoms with Crippen LogP contribution < -0.4 is 4.90 Å². The SMILES string of the molecule is O=C(O)CCN(CCCc1ccccc1)c1ccc([N+](=O)[O-])cn1. The Bertz CT molecular complexity index is 674. The predicted molar refractivity (Wildman–Crippen MR) is 90.1 cm³/mol. The molecule has 0 saturated carbocycles. The van der Waals surface area contributed by atoms with E-state index >= 15 is 0 Å². The smallest absolute Gasteiger partial charge is 0.305 e. The van der Waals surface area contributed by atoms with Crippen LogP contribution in [0.1, 0.15) is 18.4 Å². The van der Waals surface area contributed by atoms with Gasteiger partial charge in [-0.15, -0.1) is 0 Å². The molecule has 24 heavy (non-hydrogen) atoms. The number of benzene rings is 1. The van der Waals surface area contributed by atoms with Gasteiger partial charge in [0, 0.05) is 19.2 Å². The lowest BCUT2D eigenvalue weighted by Crippen LogP contribution is -2.28. The summed E-state index contributed by atoms with van der Waals surface area (Å²) >= 11 is 0. The molecule has 0 aliphatic rings. The van der Waals surface area contributed by atoms with Gasteiger partial charge in [0.1, 0.15) is 12.0 Å². The largest absolute Gasteiger partial charge is 0.481 e. The second-order valence-electron chi connectivity index (χ2n) is 5.35. The third kappa shape index (κ3) is 5.35. The maximum atomic E-state index is 10.8. The Morgan fingerprint density at radius 3 is 2.50 bits per heavy atom. The Balaban J connectivity index is 2.00. The maximum absolute atomic E-state index is 10.8. The van der Waals surface area contributed by atoms with Crippen LogP contribution in [0.3, 0.4) is 0 Å². The number of aryl methyl sites for hydroxylation is 1. The Hall–Kier alpha value is -2.96. The molecule has 1 aromatic carbocycles. The average molecular weight is 329 g/mol. The zero-order valence-electron chi connectivity index (χ0n) is 13.2. The highest BCUT2D eigenvalue weighted by atomic mass is 16.6. The summed E-state index contributed by atoms with van der Waals surface area (Å²) in [7, 11) is 0. The van der Waals surface area contributed by atoms with Crippen LogP contribution in [0.25, 0.3) is 0 Å². The van der Waals surface area contributed by atoms with E-state index in [0.717, 1.165) is 12.8 Å². The molecule has 2 rings (SSSR count). The van der Waals surface area contributed by atoms with Crippen LogP contribution in [0, 0.1) is 10.1 Å². The van der Waals surface area contributed by atoms with E-state index in [1.807, 2.05) is 35.2 Å². The van der Waals surface area contributed by atoms with Crippen molar-refractivity contribution in [1.29, 1.82) is 0 Å². The maximum Gasteiger partial charge on any atom is 0.305 e. The zero-order chi connectivity index (χ0) is 17.4. The first kappa shape index (κ1) is 17.4. The first-order valence-electron chi connectivity index (χ1n) is 7.67. The summed E-state index contributed by atoms with van der Waals surface area (Å²) < 4.78 is 0. The molecule has 2 aromatic rings. The van der Waals surface area contributed by atoms with Crippen molar-refractivity contribution in [2.75, 3.05) is 18.0 Å². The number of aliphatic carboxylic acids is 1. The van der Waals surface area contributed by atoms with Crippen LogP contribution in [0.4, 0.5) is 11.5 Å². The summed E-state index contributed by atoms with van der Waals surface area (Å²) in [6, 6.07) is 13.0. The Morgan fingerprint density at radius 1 is 1.17 bits per heavy atom. The molecule has 126 valence electrons. The predicted octanol–water partition coefficient (Wildman–Crippen LogP) is 2.90. The molecule has 0 unspecified atom stereocenters. The van der Waals surface area contributed by atoms with Gasteiger partial charge >= 0.3 is 5.97 Å². The van der Waals surface area contributed by atoms with Gasteiger partial charge in [0.25, 0.3) is 5.69 Å². The van der Waals surface area contributed by atoms with Crippen molar-refractivity contribution < 1.29 is 14.8 Å². The zero-order valence-corrected chi connectivity index (χ0v) is 13.2. The van der Waals surface area contributed by atoms with Crippen molar-refractivity contribution in [3.63, 3.8) is 0 Å². The summed E-state index contributed by atoms with van der Waals surface area (Å²) in [4.78, 5) is 27.0. The van der Waals surface area contributed by atoms with Crippen LogP contribution in [-0.4, -0.2) is 34.1 Å². The number of hydrogen-bond acceptors (Lipinski definition) is 5. The molecule has 0 amide bonds. The first-order chi connectivity index (χ1) is 11.6. The van der Waals surface area contributed by atoms with Crippen molar-refractivity contribution in [1.82, 2.24) is 4.98 Å². The number of carboxylic acid groups (broad SMARTS) is 1. The van der Waals surface area contributed by atoms with E-state index in [9.17, 15) is 14.9 Å². The minimum atomic E-state index is -0.884. The monoisotopic (exact) mass is 329 g/mol. The molecular weight excluding hydrogens is 310 g/mol. The molecule has 0 aliphatic carbocycles. The van der Waals surface area contributed by atoms with Gasteiger partial charge in [-0.05, 0) is 24.5 Å². The number of aromatic nitrogens is 1. The summed E-state index contributed by atoms with van der Waals surface area (Å²) in [6.07, 6.45) is 2.89. The lowest BCUT2D eigenvalue weighted by molar-refractivity contribution is -0.385. The van der Waals surface area contributed by atoms with Gasteiger partial charge < -0.3 is 10.0 Å². The van der Waals surface area contributed by atoms with E-state index in [-0.39, 0.29) is 12.1 Å². The fourth-order valence-corrected chi connectivity index (χ4v) is 2.36. The highest BCUT2D eigenvalue weighted by molar-refractivity contribution is 5.67. The normalized spacial score (nSPS) is 10.3. The number of carbonyl (C=O) groups is 1. The molecule has 1 aromatic heterocycles. The fraction of sp³-hybridized carbons (Fsp3) is 0.294. The third-order valence-electron chi connectivity index (χ3n) is 3.60. The molecule has 0 radical (unpaired) electrons. The molecule has 1 N–H and O–H groups in total. The van der Waals surface area contributed by atoms with Crippen molar-refractivity contribution in [2.45, 2.75) is 19.3 Å². The number of nitro groups is 1. The van der Waals surface area contributed by atoms with Gasteiger partial charge in [0.05, 0.1) is 11.3 Å². The molecule has 1 heterocycles. The van der Waals surface area contributed by atoms with E-state index in [4.69, 9.17) is 5.11 Å². The molecule has 0 atom stereocenters. The standard InChI is InChI=1S/C17H19N3O4/c21-17(22)10-12-19(11-4-7-14-5-2-1-3-6-14)16-9-8-15(13-18-16)20(23)24/h1-3,5-6,8-9,13H,4,7,10-12H2,(H,21,22). The second-order valence-corrected chi connectivity index (χ2v) is 5.35. The quantitative estimate of drug-likeness (QED) is 0.561.